The summed E-state index contributed by atoms with van der Waals surface area (Å²) in [6.45, 7) is 7.94. The van der Waals surface area contributed by atoms with Gasteiger partial charge >= 0.3 is 16.1 Å². The van der Waals surface area contributed by atoms with Crippen LogP contribution in [0.5, 0.6) is 0 Å². The van der Waals surface area contributed by atoms with Crippen LogP contribution in [0.15, 0.2) is 58.6 Å². The highest BCUT2D eigenvalue weighted by Gasteiger charge is 2.39. The van der Waals surface area contributed by atoms with Crippen LogP contribution in [0.25, 0.3) is 0 Å². The topological polar surface area (TPSA) is 82.0 Å². The second-order valence-corrected chi connectivity index (χ2v) is 11.1. The van der Waals surface area contributed by atoms with Gasteiger partial charge in [-0.15, -0.1) is 0 Å². The lowest BCUT2D eigenvalue weighted by Crippen LogP contribution is -2.35. The Morgan fingerprint density at radius 1 is 1.03 bits per heavy atom. The molecule has 0 N–H and O–H groups in total. The van der Waals surface area contributed by atoms with Gasteiger partial charge in [0.25, 0.3) is 0 Å². The molecule has 0 bridgehead atoms. The number of benzene rings is 2. The largest absolute Gasteiger partial charge is 0.469 e. The number of hydrogen-bond acceptors (Lipinski definition) is 6. The van der Waals surface area contributed by atoms with Gasteiger partial charge in [0.05, 0.1) is 18.2 Å². The predicted molar refractivity (Wildman–Crippen MR) is 129 cm³/mol. The van der Waals surface area contributed by atoms with Crippen LogP contribution in [-0.2, 0) is 35.8 Å². The Kier molecular flexibility index (Phi) is 7.32. The fraction of sp³-hybridized carbons (Fsp3) is 0.462. The number of rotatable bonds is 8. The van der Waals surface area contributed by atoms with Crippen molar-refractivity contribution in [2.75, 3.05) is 7.11 Å². The van der Waals surface area contributed by atoms with Crippen LogP contribution in [0.4, 0.5) is 0 Å². The molecule has 1 aliphatic rings. The van der Waals surface area contributed by atoms with Crippen LogP contribution in [-0.4, -0.2) is 27.2 Å². The summed E-state index contributed by atoms with van der Waals surface area (Å²) in [7, 11) is -2.64. The van der Waals surface area contributed by atoms with Crippen molar-refractivity contribution in [2.24, 2.45) is 10.6 Å². The quantitative estimate of drug-likeness (QED) is 0.381. The minimum Gasteiger partial charge on any atom is -0.469 e. The molecule has 0 radical (unpaired) electrons. The number of carbonyl (C=O) groups excluding carboxylic acids is 1. The molecule has 1 aliphatic carbocycles. The molecule has 0 fully saturated rings. The van der Waals surface area contributed by atoms with Gasteiger partial charge in [-0.3, -0.25) is 9.08 Å². The van der Waals surface area contributed by atoms with Crippen molar-refractivity contribution >= 4 is 21.8 Å². The zero-order chi connectivity index (χ0) is 24.3. The highest BCUT2D eigenvalue weighted by molar-refractivity contribution is 7.86. The summed E-state index contributed by atoms with van der Waals surface area (Å²) in [5.74, 6) is -0.242. The number of esters is 1. The average Bonchev–Trinajstić information content (AvgIpc) is 2.82. The normalized spacial score (nSPS) is 17.2. The number of hydrogen-bond donors (Lipinski definition) is 0. The summed E-state index contributed by atoms with van der Waals surface area (Å²) in [6, 6.07) is 14.5. The average molecular weight is 472 g/mol. The highest BCUT2D eigenvalue weighted by atomic mass is 32.2. The molecule has 0 saturated heterocycles. The molecule has 178 valence electrons. The lowest BCUT2D eigenvalue weighted by molar-refractivity contribution is -0.153. The Labute approximate surface area is 197 Å². The van der Waals surface area contributed by atoms with E-state index >= 15 is 0 Å². The fourth-order valence-corrected chi connectivity index (χ4v) is 5.31. The zero-order valence-corrected chi connectivity index (χ0v) is 20.9. The number of fused-ring (bicyclic) bond motifs is 1. The van der Waals surface area contributed by atoms with Crippen molar-refractivity contribution < 1.29 is 22.2 Å². The van der Waals surface area contributed by atoms with Crippen LogP contribution in [0.1, 0.15) is 70.1 Å². The lowest BCUT2D eigenvalue weighted by atomic mass is 9.69. The molecule has 6 nitrogen and oxygen atoms in total. The number of methoxy groups -OCH3 is 1. The van der Waals surface area contributed by atoms with Gasteiger partial charge in [0.2, 0.25) is 0 Å². The van der Waals surface area contributed by atoms with E-state index in [9.17, 15) is 13.2 Å². The van der Waals surface area contributed by atoms with Crippen LogP contribution >= 0.6 is 0 Å². The number of aryl methyl sites for hydroxylation is 1. The third-order valence-corrected chi connectivity index (χ3v) is 7.77. The smallest absolute Gasteiger partial charge is 0.358 e. The van der Waals surface area contributed by atoms with Gasteiger partial charge in [0.1, 0.15) is 4.90 Å². The number of oxime groups is 1. The van der Waals surface area contributed by atoms with Crippen molar-refractivity contribution in [2.45, 2.75) is 70.1 Å². The number of nitrogens with zero attached hydrogens (tertiary/aromatic N) is 1. The Balaban J connectivity index is 1.78. The SMILES string of the molecule is CCC(C)(CC(C)(C)c1ccc(S(=O)(=O)ON=C2CCCc3ccccc32)cc1)C(=O)OC. The van der Waals surface area contributed by atoms with Crippen LogP contribution in [0, 0.1) is 5.41 Å². The van der Waals surface area contributed by atoms with Gasteiger partial charge < -0.3 is 4.74 Å². The first-order valence-corrected chi connectivity index (χ1v) is 12.7. The molecule has 0 heterocycles. The monoisotopic (exact) mass is 471 g/mol. The van der Waals surface area contributed by atoms with Crippen molar-refractivity contribution in [1.82, 2.24) is 0 Å². The Hall–Kier alpha value is -2.67. The van der Waals surface area contributed by atoms with Gasteiger partial charge in [-0.2, -0.15) is 8.42 Å². The molecule has 0 aliphatic heterocycles. The van der Waals surface area contributed by atoms with Gasteiger partial charge in [0, 0.05) is 5.56 Å². The molecule has 1 atom stereocenters. The molecule has 7 heteroatoms. The molecule has 1 unspecified atom stereocenters. The summed E-state index contributed by atoms with van der Waals surface area (Å²) < 4.78 is 35.6. The maximum absolute atomic E-state index is 12.8. The first kappa shape index (κ1) is 25.0. The molecule has 0 aromatic heterocycles. The highest BCUT2D eigenvalue weighted by Crippen LogP contribution is 2.40. The van der Waals surface area contributed by atoms with E-state index in [2.05, 4.69) is 5.16 Å². The molecule has 0 amide bonds. The predicted octanol–water partition coefficient (Wildman–Crippen LogP) is 5.39. The van der Waals surface area contributed by atoms with Crippen molar-refractivity contribution in [1.29, 1.82) is 0 Å². The van der Waals surface area contributed by atoms with E-state index in [0.717, 1.165) is 29.5 Å². The minimum absolute atomic E-state index is 0.0433. The van der Waals surface area contributed by atoms with Gasteiger partial charge in [0.15, 0.2) is 0 Å². The van der Waals surface area contributed by atoms with E-state index in [-0.39, 0.29) is 16.3 Å². The first-order valence-electron chi connectivity index (χ1n) is 11.3. The number of carbonyl (C=O) groups is 1. The van der Waals surface area contributed by atoms with Crippen molar-refractivity contribution in [3.05, 3.63) is 65.2 Å². The third kappa shape index (κ3) is 5.46. The molecule has 2 aromatic rings. The minimum atomic E-state index is -4.04. The molecular weight excluding hydrogens is 438 g/mol. The van der Waals surface area contributed by atoms with Crippen LogP contribution < -0.4 is 0 Å². The van der Waals surface area contributed by atoms with E-state index < -0.39 is 15.5 Å². The molecular formula is C26H33NO5S. The third-order valence-electron chi connectivity index (χ3n) is 6.65. The Morgan fingerprint density at radius 2 is 1.70 bits per heavy atom. The van der Waals surface area contributed by atoms with Gasteiger partial charge in [-0.1, -0.05) is 62.3 Å². The summed E-state index contributed by atoms with van der Waals surface area (Å²) in [4.78, 5) is 12.4. The number of ether oxygens (including phenoxy) is 1. The van der Waals surface area contributed by atoms with Gasteiger partial charge in [-0.05, 0) is 67.7 Å². The lowest BCUT2D eigenvalue weighted by Gasteiger charge is -2.35. The maximum Gasteiger partial charge on any atom is 0.358 e. The summed E-state index contributed by atoms with van der Waals surface area (Å²) >= 11 is 0. The van der Waals surface area contributed by atoms with E-state index in [1.54, 1.807) is 12.1 Å². The molecule has 3 rings (SSSR count). The molecule has 0 saturated carbocycles. The zero-order valence-electron chi connectivity index (χ0n) is 20.1. The summed E-state index contributed by atoms with van der Waals surface area (Å²) in [6.07, 6.45) is 3.75. The van der Waals surface area contributed by atoms with Gasteiger partial charge in [-0.25, -0.2) is 0 Å². The van der Waals surface area contributed by atoms with Crippen molar-refractivity contribution in [3.63, 3.8) is 0 Å². The van der Waals surface area contributed by atoms with E-state index in [4.69, 9.17) is 9.02 Å². The molecule has 33 heavy (non-hydrogen) atoms. The Morgan fingerprint density at radius 3 is 2.33 bits per heavy atom. The molecule has 2 aromatic carbocycles. The molecule has 0 spiro atoms. The maximum atomic E-state index is 12.8. The second kappa shape index (κ2) is 9.67. The van der Waals surface area contributed by atoms with E-state index in [1.165, 1.54) is 19.2 Å². The van der Waals surface area contributed by atoms with E-state index in [0.29, 0.717) is 25.0 Å². The summed E-state index contributed by atoms with van der Waals surface area (Å²) in [5, 5.41) is 4.01. The second-order valence-electron chi connectivity index (χ2n) is 9.57. The van der Waals surface area contributed by atoms with E-state index in [1.807, 2.05) is 52.0 Å². The van der Waals surface area contributed by atoms with Crippen molar-refractivity contribution in [3.8, 4) is 0 Å². The standard InChI is InChI=1S/C26H33NO5S/c1-6-26(4,24(28)31-5)18-25(2,3)20-14-16-21(17-15-20)33(29,30)32-27-23-13-9-11-19-10-7-8-12-22(19)23/h7-8,10,12,14-17H,6,9,11,13,18H2,1-5H3. The summed E-state index contributed by atoms with van der Waals surface area (Å²) in [5.41, 5.74) is 2.69. The van der Waals surface area contributed by atoms with Crippen LogP contribution in [0.2, 0.25) is 0 Å². The first-order chi connectivity index (χ1) is 15.5. The van der Waals surface area contributed by atoms with Crippen LogP contribution in [0.3, 0.4) is 0 Å². The Bertz CT molecular complexity index is 1140. The fourth-order valence-electron chi connectivity index (χ4n) is 4.57.